The molecule has 0 amide bonds. The molecule has 0 radical (unpaired) electrons. The number of hydrogen-bond donors (Lipinski definition) is 1. The zero-order valence-electron chi connectivity index (χ0n) is 11.8. The number of ether oxygens (including phenoxy) is 1. The molecule has 0 spiro atoms. The molecule has 1 N–H and O–H groups in total. The highest BCUT2D eigenvalue weighted by atomic mass is 32.2. The van der Waals surface area contributed by atoms with E-state index in [4.69, 9.17) is 10.00 Å². The number of methoxy groups -OCH3 is 1. The first-order valence-electron chi connectivity index (χ1n) is 5.85. The van der Waals surface area contributed by atoms with E-state index in [9.17, 15) is 8.42 Å². The van der Waals surface area contributed by atoms with Crippen LogP contribution < -0.4 is 10.2 Å². The first-order valence-corrected chi connectivity index (χ1v) is 7.33. The molecule has 20 heavy (non-hydrogen) atoms. The Balaban J connectivity index is 3.06. The number of nitrogens with zero attached hydrogens (tertiary/aromatic N) is 2. The van der Waals surface area contributed by atoms with Crippen molar-refractivity contribution in [1.29, 1.82) is 5.26 Å². The van der Waals surface area contributed by atoms with Gasteiger partial charge in [0.1, 0.15) is 11.8 Å². The SMILES string of the molecule is COc1cccc(N/N=C(\C#N)S(=O)(=O)C(C)(C)C)c1. The Morgan fingerprint density at radius 2 is 2.05 bits per heavy atom. The molecule has 0 aliphatic carbocycles. The Bertz CT molecular complexity index is 652. The van der Waals surface area contributed by atoms with Gasteiger partial charge in [-0.2, -0.15) is 10.4 Å². The van der Waals surface area contributed by atoms with E-state index >= 15 is 0 Å². The molecular formula is C13H17N3O3S. The van der Waals surface area contributed by atoms with Crippen LogP contribution in [0.15, 0.2) is 29.4 Å². The van der Waals surface area contributed by atoms with Crippen LogP contribution in [0, 0.1) is 11.3 Å². The van der Waals surface area contributed by atoms with Crippen LogP contribution >= 0.6 is 0 Å². The summed E-state index contributed by atoms with van der Waals surface area (Å²) in [5, 5.41) is 12.1. The number of rotatable bonds is 3. The highest BCUT2D eigenvalue weighted by Gasteiger charge is 2.34. The van der Waals surface area contributed by atoms with Gasteiger partial charge >= 0.3 is 0 Å². The Morgan fingerprint density at radius 1 is 1.40 bits per heavy atom. The minimum absolute atomic E-state index is 0.529. The van der Waals surface area contributed by atoms with Gasteiger partial charge in [-0.1, -0.05) is 6.07 Å². The number of hydrazone groups is 1. The van der Waals surface area contributed by atoms with Crippen molar-refractivity contribution in [2.75, 3.05) is 12.5 Å². The molecule has 0 saturated carbocycles. The quantitative estimate of drug-likeness (QED) is 0.524. The molecule has 0 aromatic heterocycles. The maximum absolute atomic E-state index is 12.1. The third-order valence-electron chi connectivity index (χ3n) is 2.51. The van der Waals surface area contributed by atoms with Crippen LogP contribution in [0.5, 0.6) is 5.75 Å². The van der Waals surface area contributed by atoms with Crippen LogP contribution in [0.25, 0.3) is 0 Å². The fraction of sp³-hybridized carbons (Fsp3) is 0.385. The number of anilines is 1. The zero-order chi connectivity index (χ0) is 15.4. The number of hydrogen-bond acceptors (Lipinski definition) is 6. The second kappa shape index (κ2) is 5.92. The molecule has 6 nitrogen and oxygen atoms in total. The molecule has 0 heterocycles. The molecule has 1 rings (SSSR count). The van der Waals surface area contributed by atoms with E-state index in [-0.39, 0.29) is 0 Å². The van der Waals surface area contributed by atoms with Crippen molar-refractivity contribution < 1.29 is 13.2 Å². The summed E-state index contributed by atoms with van der Waals surface area (Å²) in [4.78, 5) is 0. The monoisotopic (exact) mass is 295 g/mol. The van der Waals surface area contributed by atoms with Crippen molar-refractivity contribution in [2.24, 2.45) is 5.10 Å². The van der Waals surface area contributed by atoms with Gasteiger partial charge in [-0.25, -0.2) is 8.42 Å². The smallest absolute Gasteiger partial charge is 0.252 e. The average Bonchev–Trinajstić information content (AvgIpc) is 2.38. The van der Waals surface area contributed by atoms with Crippen LogP contribution in [0.3, 0.4) is 0 Å². The summed E-state index contributed by atoms with van der Waals surface area (Å²) in [5.41, 5.74) is 3.08. The van der Waals surface area contributed by atoms with E-state index < -0.39 is 19.6 Å². The molecule has 1 aromatic carbocycles. The topological polar surface area (TPSA) is 91.5 Å². The lowest BCUT2D eigenvalue weighted by atomic mass is 10.3. The van der Waals surface area contributed by atoms with Crippen LogP contribution in [-0.2, 0) is 9.84 Å². The van der Waals surface area contributed by atoms with Crippen LogP contribution in [-0.4, -0.2) is 25.3 Å². The van der Waals surface area contributed by atoms with E-state index in [0.717, 1.165) is 0 Å². The molecule has 0 fully saturated rings. The third kappa shape index (κ3) is 3.48. The van der Waals surface area contributed by atoms with Crippen LogP contribution in [0.4, 0.5) is 5.69 Å². The van der Waals surface area contributed by atoms with E-state index in [1.165, 1.54) is 27.9 Å². The molecule has 0 atom stereocenters. The van der Waals surface area contributed by atoms with Gasteiger partial charge in [-0.05, 0) is 32.9 Å². The average molecular weight is 295 g/mol. The van der Waals surface area contributed by atoms with Gasteiger partial charge < -0.3 is 4.74 Å². The number of sulfone groups is 1. The largest absolute Gasteiger partial charge is 0.497 e. The van der Waals surface area contributed by atoms with Gasteiger partial charge in [0.25, 0.3) is 5.04 Å². The number of nitriles is 1. The van der Waals surface area contributed by atoms with Gasteiger partial charge in [0, 0.05) is 6.07 Å². The Morgan fingerprint density at radius 3 is 2.55 bits per heavy atom. The predicted molar refractivity (Wildman–Crippen MR) is 78.3 cm³/mol. The Labute approximate surface area is 119 Å². The van der Waals surface area contributed by atoms with Crippen LogP contribution in [0.2, 0.25) is 0 Å². The van der Waals surface area contributed by atoms with Crippen molar-refractivity contribution in [3.8, 4) is 11.8 Å². The second-order valence-electron chi connectivity index (χ2n) is 4.99. The predicted octanol–water partition coefficient (Wildman–Crippen LogP) is 2.16. The van der Waals surface area contributed by atoms with Crippen molar-refractivity contribution in [3.63, 3.8) is 0 Å². The first-order chi connectivity index (χ1) is 9.22. The Hall–Kier alpha value is -2.07. The molecule has 0 bridgehead atoms. The summed E-state index contributed by atoms with van der Waals surface area (Å²) in [5.74, 6) is 0.599. The van der Waals surface area contributed by atoms with Gasteiger partial charge in [-0.15, -0.1) is 0 Å². The lowest BCUT2D eigenvalue weighted by Crippen LogP contribution is -2.34. The minimum atomic E-state index is -3.78. The molecule has 0 unspecified atom stereocenters. The lowest BCUT2D eigenvalue weighted by molar-refractivity contribution is 0.415. The summed E-state index contributed by atoms with van der Waals surface area (Å²) < 4.78 is 28.2. The molecule has 0 aliphatic rings. The number of benzene rings is 1. The zero-order valence-corrected chi connectivity index (χ0v) is 12.7. The standard InChI is InChI=1S/C13H17N3O3S/c1-13(2,3)20(17,18)12(9-14)16-15-10-6-5-7-11(8-10)19-4/h5-8,15H,1-4H3/b16-12+. The molecule has 0 saturated heterocycles. The molecule has 7 heteroatoms. The highest BCUT2D eigenvalue weighted by molar-refractivity contribution is 8.08. The summed E-state index contributed by atoms with van der Waals surface area (Å²) in [7, 11) is -2.26. The van der Waals surface area contributed by atoms with Gasteiger partial charge in [0.2, 0.25) is 9.84 Å². The van der Waals surface area contributed by atoms with E-state index in [1.54, 1.807) is 30.3 Å². The van der Waals surface area contributed by atoms with E-state index in [0.29, 0.717) is 11.4 Å². The lowest BCUT2D eigenvalue weighted by Gasteiger charge is -2.17. The summed E-state index contributed by atoms with van der Waals surface area (Å²) in [6, 6.07) is 8.41. The maximum Gasteiger partial charge on any atom is 0.252 e. The van der Waals surface area contributed by atoms with Gasteiger partial charge in [0.15, 0.2) is 0 Å². The summed E-state index contributed by atoms with van der Waals surface area (Å²) in [6.07, 6.45) is 0. The van der Waals surface area contributed by atoms with Gasteiger partial charge in [-0.3, -0.25) is 5.43 Å². The van der Waals surface area contributed by atoms with Gasteiger partial charge in [0.05, 0.1) is 17.5 Å². The van der Waals surface area contributed by atoms with E-state index in [1.807, 2.05) is 0 Å². The van der Waals surface area contributed by atoms with Crippen molar-refractivity contribution in [1.82, 2.24) is 0 Å². The van der Waals surface area contributed by atoms with E-state index in [2.05, 4.69) is 10.5 Å². The number of nitrogens with one attached hydrogen (secondary N) is 1. The fourth-order valence-electron chi connectivity index (χ4n) is 1.24. The molecule has 0 aliphatic heterocycles. The minimum Gasteiger partial charge on any atom is -0.497 e. The molecule has 108 valence electrons. The normalized spacial score (nSPS) is 12.7. The Kier molecular flexibility index (Phi) is 4.73. The molecular weight excluding hydrogens is 278 g/mol. The second-order valence-corrected chi connectivity index (χ2v) is 7.61. The third-order valence-corrected chi connectivity index (χ3v) is 4.82. The maximum atomic E-state index is 12.1. The van der Waals surface area contributed by atoms with Crippen molar-refractivity contribution in [3.05, 3.63) is 24.3 Å². The first kappa shape index (κ1) is 16.0. The molecule has 1 aromatic rings. The highest BCUT2D eigenvalue weighted by Crippen LogP contribution is 2.19. The summed E-state index contributed by atoms with van der Waals surface area (Å²) >= 11 is 0. The summed E-state index contributed by atoms with van der Waals surface area (Å²) in [6.45, 7) is 4.54. The van der Waals surface area contributed by atoms with Crippen LogP contribution in [0.1, 0.15) is 20.8 Å². The fourth-order valence-corrected chi connectivity index (χ4v) is 2.11. The van der Waals surface area contributed by atoms with Crippen molar-refractivity contribution in [2.45, 2.75) is 25.5 Å². The van der Waals surface area contributed by atoms with Crippen molar-refractivity contribution >= 4 is 20.6 Å².